The van der Waals surface area contributed by atoms with Gasteiger partial charge in [-0.05, 0) is 12.0 Å². The van der Waals surface area contributed by atoms with Gasteiger partial charge in [0.2, 0.25) is 0 Å². The molecular formula is C14H32O2Si. The molecule has 0 rings (SSSR count). The predicted octanol–water partition coefficient (Wildman–Crippen LogP) is 4.42. The average Bonchev–Trinajstić information content (AvgIpc) is 2.34. The Morgan fingerprint density at radius 3 is 1.76 bits per heavy atom. The second-order valence-electron chi connectivity index (χ2n) is 5.08. The van der Waals surface area contributed by atoms with Crippen molar-refractivity contribution < 1.29 is 8.85 Å². The smallest absolute Gasteiger partial charge is 0.323 e. The normalized spacial score (nSPS) is 13.2. The lowest BCUT2D eigenvalue weighted by atomic mass is 10.1. The molecule has 0 aliphatic carbocycles. The van der Waals surface area contributed by atoms with Crippen molar-refractivity contribution in [2.75, 3.05) is 14.2 Å². The molecule has 0 aliphatic rings. The van der Waals surface area contributed by atoms with Crippen LogP contribution in [0.1, 0.15) is 71.6 Å². The Kier molecular flexibility index (Phi) is 12.7. The first kappa shape index (κ1) is 17.1. The second kappa shape index (κ2) is 12.6. The average molecular weight is 260 g/mol. The Labute approximate surface area is 110 Å². The Morgan fingerprint density at radius 2 is 1.29 bits per heavy atom. The summed E-state index contributed by atoms with van der Waals surface area (Å²) in [6.07, 6.45) is 12.4. The molecule has 0 saturated carbocycles. The van der Waals surface area contributed by atoms with E-state index in [1.165, 1.54) is 57.8 Å². The van der Waals surface area contributed by atoms with Crippen molar-refractivity contribution in [1.82, 2.24) is 0 Å². The maximum atomic E-state index is 5.40. The van der Waals surface area contributed by atoms with E-state index >= 15 is 0 Å². The van der Waals surface area contributed by atoms with Gasteiger partial charge in [0.05, 0.1) is 0 Å². The van der Waals surface area contributed by atoms with Gasteiger partial charge in [-0.1, -0.05) is 65.2 Å². The van der Waals surface area contributed by atoms with Gasteiger partial charge in [-0.25, -0.2) is 0 Å². The van der Waals surface area contributed by atoms with Crippen molar-refractivity contribution in [3.8, 4) is 0 Å². The maximum Gasteiger partial charge on any atom is 0.323 e. The highest BCUT2D eigenvalue weighted by Crippen LogP contribution is 2.20. The highest BCUT2D eigenvalue weighted by atomic mass is 28.3. The minimum absolute atomic E-state index is 0.644. The third-order valence-electron chi connectivity index (χ3n) is 3.44. The van der Waals surface area contributed by atoms with Crippen molar-refractivity contribution >= 4 is 9.28 Å². The van der Waals surface area contributed by atoms with Crippen LogP contribution in [0.15, 0.2) is 0 Å². The van der Waals surface area contributed by atoms with Gasteiger partial charge in [0, 0.05) is 14.2 Å². The van der Waals surface area contributed by atoms with Crippen LogP contribution >= 0.6 is 0 Å². The van der Waals surface area contributed by atoms with Crippen LogP contribution in [-0.4, -0.2) is 23.5 Å². The Hall–Kier alpha value is 0.137. The fourth-order valence-electron chi connectivity index (χ4n) is 2.30. The molecule has 0 aromatic heterocycles. The summed E-state index contributed by atoms with van der Waals surface area (Å²) in [5.74, 6) is 0. The van der Waals surface area contributed by atoms with Crippen LogP contribution in [0, 0.1) is 0 Å². The first-order valence-corrected chi connectivity index (χ1v) is 8.92. The lowest BCUT2D eigenvalue weighted by Crippen LogP contribution is -2.24. The van der Waals surface area contributed by atoms with Crippen LogP contribution in [0.3, 0.4) is 0 Å². The molecule has 0 N–H and O–H groups in total. The zero-order chi connectivity index (χ0) is 12.9. The molecule has 0 aromatic rings. The number of rotatable bonds is 12. The van der Waals surface area contributed by atoms with Gasteiger partial charge in [0.1, 0.15) is 0 Å². The fourth-order valence-corrected chi connectivity index (χ4v) is 3.93. The monoisotopic (exact) mass is 260 g/mol. The molecule has 1 atom stereocenters. The zero-order valence-corrected chi connectivity index (χ0v) is 13.5. The van der Waals surface area contributed by atoms with Gasteiger partial charge in [0.15, 0.2) is 0 Å². The summed E-state index contributed by atoms with van der Waals surface area (Å²) in [6.45, 7) is 4.54. The molecular weight excluding hydrogens is 228 g/mol. The molecule has 0 bridgehead atoms. The molecule has 0 aromatic carbocycles. The van der Waals surface area contributed by atoms with E-state index in [1.807, 2.05) is 0 Å². The van der Waals surface area contributed by atoms with Crippen LogP contribution in [0.5, 0.6) is 0 Å². The Bertz CT molecular complexity index is 149. The quantitative estimate of drug-likeness (QED) is 0.382. The van der Waals surface area contributed by atoms with Gasteiger partial charge in [-0.2, -0.15) is 0 Å². The van der Waals surface area contributed by atoms with Crippen LogP contribution < -0.4 is 0 Å². The number of unbranched alkanes of at least 4 members (excludes halogenated alkanes) is 7. The summed E-state index contributed by atoms with van der Waals surface area (Å²) in [7, 11) is 2.20. The third kappa shape index (κ3) is 9.80. The highest BCUT2D eigenvalue weighted by molar-refractivity contribution is 6.46. The van der Waals surface area contributed by atoms with E-state index in [9.17, 15) is 0 Å². The minimum atomic E-state index is -1.36. The fraction of sp³-hybridized carbons (Fsp3) is 1.00. The van der Waals surface area contributed by atoms with E-state index in [2.05, 4.69) is 13.8 Å². The van der Waals surface area contributed by atoms with E-state index in [-0.39, 0.29) is 0 Å². The van der Waals surface area contributed by atoms with Gasteiger partial charge in [-0.3, -0.25) is 0 Å². The largest absolute Gasteiger partial charge is 0.400 e. The molecule has 17 heavy (non-hydrogen) atoms. The molecule has 0 saturated heterocycles. The molecule has 0 spiro atoms. The van der Waals surface area contributed by atoms with Gasteiger partial charge >= 0.3 is 9.28 Å². The summed E-state index contributed by atoms with van der Waals surface area (Å²) >= 11 is 0. The predicted molar refractivity (Wildman–Crippen MR) is 77.8 cm³/mol. The molecule has 3 heteroatoms. The molecule has 0 heterocycles. The Morgan fingerprint density at radius 1 is 0.824 bits per heavy atom. The highest BCUT2D eigenvalue weighted by Gasteiger charge is 2.18. The number of hydrogen-bond acceptors (Lipinski definition) is 2. The summed E-state index contributed by atoms with van der Waals surface area (Å²) in [5, 5.41) is 0. The topological polar surface area (TPSA) is 18.5 Å². The van der Waals surface area contributed by atoms with Crippen LogP contribution in [0.2, 0.25) is 5.54 Å². The van der Waals surface area contributed by atoms with Crippen molar-refractivity contribution in [3.05, 3.63) is 0 Å². The van der Waals surface area contributed by atoms with E-state index in [0.717, 1.165) is 0 Å². The van der Waals surface area contributed by atoms with Gasteiger partial charge in [-0.15, -0.1) is 0 Å². The third-order valence-corrected chi connectivity index (χ3v) is 5.63. The summed E-state index contributed by atoms with van der Waals surface area (Å²) in [5.41, 5.74) is 0.644. The van der Waals surface area contributed by atoms with E-state index < -0.39 is 9.28 Å². The molecule has 2 nitrogen and oxygen atoms in total. The van der Waals surface area contributed by atoms with Crippen molar-refractivity contribution in [3.63, 3.8) is 0 Å². The van der Waals surface area contributed by atoms with Crippen LogP contribution in [0.4, 0.5) is 0 Å². The lowest BCUT2D eigenvalue weighted by molar-refractivity contribution is 0.264. The molecule has 1 unspecified atom stereocenters. The van der Waals surface area contributed by atoms with Crippen LogP contribution in [0.25, 0.3) is 0 Å². The molecule has 0 aliphatic heterocycles. The molecule has 0 fully saturated rings. The SMILES string of the molecule is CCCCCCCCCCC(C)[SiH](OC)OC. The van der Waals surface area contributed by atoms with Gasteiger partial charge < -0.3 is 8.85 Å². The van der Waals surface area contributed by atoms with E-state index in [1.54, 1.807) is 14.2 Å². The van der Waals surface area contributed by atoms with Crippen molar-refractivity contribution in [1.29, 1.82) is 0 Å². The maximum absolute atomic E-state index is 5.40. The Balaban J connectivity index is 3.27. The molecule has 0 radical (unpaired) electrons. The minimum Gasteiger partial charge on any atom is -0.400 e. The summed E-state index contributed by atoms with van der Waals surface area (Å²) in [6, 6.07) is 0. The van der Waals surface area contributed by atoms with Crippen molar-refractivity contribution in [2.24, 2.45) is 0 Å². The summed E-state index contributed by atoms with van der Waals surface area (Å²) in [4.78, 5) is 0. The van der Waals surface area contributed by atoms with Crippen molar-refractivity contribution in [2.45, 2.75) is 77.2 Å². The van der Waals surface area contributed by atoms with E-state index in [4.69, 9.17) is 8.85 Å². The molecule has 0 amide bonds. The first-order chi connectivity index (χ1) is 8.26. The van der Waals surface area contributed by atoms with Crippen LogP contribution in [-0.2, 0) is 8.85 Å². The van der Waals surface area contributed by atoms with Gasteiger partial charge in [0.25, 0.3) is 0 Å². The summed E-state index contributed by atoms with van der Waals surface area (Å²) < 4.78 is 10.8. The second-order valence-corrected chi connectivity index (χ2v) is 7.90. The lowest BCUT2D eigenvalue weighted by Gasteiger charge is -2.18. The first-order valence-electron chi connectivity index (χ1n) is 7.31. The van der Waals surface area contributed by atoms with E-state index in [0.29, 0.717) is 5.54 Å². The standard InChI is InChI=1S/C14H32O2Si/c1-5-6-7-8-9-10-11-12-13-14(2)17(15-3)16-4/h14,17H,5-13H2,1-4H3. The zero-order valence-electron chi connectivity index (χ0n) is 12.3. The number of hydrogen-bond donors (Lipinski definition) is 0. The molecule has 104 valence electrons.